The first kappa shape index (κ1) is 19.2. The van der Waals surface area contributed by atoms with E-state index in [-0.39, 0.29) is 17.5 Å². The van der Waals surface area contributed by atoms with Crippen LogP contribution in [-0.4, -0.2) is 30.4 Å². The first-order valence-electron chi connectivity index (χ1n) is 9.26. The standard InChI is InChI=1S/C19H19F3N6O/c20-19(21,22)15-4-1-5-16(25-15)24-14-6-7-17-26-28(18(29)27(17)10-8-14)12-13-3-2-9-23-11-13/h1-5,9,11,14H,6-8,10,12H2,(H,24,25). The van der Waals surface area contributed by atoms with Gasteiger partial charge in [-0.25, -0.2) is 14.5 Å². The molecule has 4 heterocycles. The van der Waals surface area contributed by atoms with Crippen LogP contribution in [0.4, 0.5) is 19.0 Å². The van der Waals surface area contributed by atoms with Crippen LogP contribution in [0.1, 0.15) is 29.9 Å². The van der Waals surface area contributed by atoms with E-state index in [2.05, 4.69) is 20.4 Å². The van der Waals surface area contributed by atoms with E-state index in [1.807, 2.05) is 6.07 Å². The predicted octanol–water partition coefficient (Wildman–Crippen LogP) is 2.72. The third-order valence-corrected chi connectivity index (χ3v) is 4.86. The Labute approximate surface area is 164 Å². The summed E-state index contributed by atoms with van der Waals surface area (Å²) < 4.78 is 41.6. The Morgan fingerprint density at radius 3 is 2.79 bits per heavy atom. The molecule has 29 heavy (non-hydrogen) atoms. The topological polar surface area (TPSA) is 77.6 Å². The minimum Gasteiger partial charge on any atom is -0.367 e. The van der Waals surface area contributed by atoms with E-state index in [0.29, 0.717) is 38.2 Å². The summed E-state index contributed by atoms with van der Waals surface area (Å²) in [6.45, 7) is 0.792. The quantitative estimate of drug-likeness (QED) is 0.724. The third kappa shape index (κ3) is 4.30. The van der Waals surface area contributed by atoms with Crippen molar-refractivity contribution < 1.29 is 13.2 Å². The van der Waals surface area contributed by atoms with Crippen LogP contribution < -0.4 is 11.0 Å². The number of pyridine rings is 2. The fourth-order valence-electron chi connectivity index (χ4n) is 3.42. The molecule has 0 spiro atoms. The Bertz CT molecular complexity index is 1040. The average molecular weight is 404 g/mol. The van der Waals surface area contributed by atoms with Gasteiger partial charge in [0.15, 0.2) is 0 Å². The van der Waals surface area contributed by atoms with Gasteiger partial charge in [0.2, 0.25) is 0 Å². The number of rotatable bonds is 4. The minimum atomic E-state index is -4.48. The molecule has 3 aromatic heterocycles. The molecule has 10 heteroatoms. The zero-order valence-corrected chi connectivity index (χ0v) is 15.4. The molecule has 1 aliphatic rings. The summed E-state index contributed by atoms with van der Waals surface area (Å²) in [5, 5.41) is 7.50. The molecule has 1 N–H and O–H groups in total. The van der Waals surface area contributed by atoms with E-state index < -0.39 is 11.9 Å². The lowest BCUT2D eigenvalue weighted by atomic mass is 10.1. The van der Waals surface area contributed by atoms with Gasteiger partial charge in [-0.05, 0) is 36.6 Å². The lowest BCUT2D eigenvalue weighted by molar-refractivity contribution is -0.141. The zero-order chi connectivity index (χ0) is 20.4. The maximum atomic E-state index is 12.8. The van der Waals surface area contributed by atoms with E-state index in [0.717, 1.165) is 11.6 Å². The highest BCUT2D eigenvalue weighted by atomic mass is 19.4. The smallest absolute Gasteiger partial charge is 0.367 e. The van der Waals surface area contributed by atoms with Crippen LogP contribution >= 0.6 is 0 Å². The van der Waals surface area contributed by atoms with Crippen LogP contribution in [0.5, 0.6) is 0 Å². The number of hydrogen-bond donors (Lipinski definition) is 1. The van der Waals surface area contributed by atoms with Gasteiger partial charge in [-0.1, -0.05) is 12.1 Å². The van der Waals surface area contributed by atoms with E-state index in [1.165, 1.54) is 16.8 Å². The summed E-state index contributed by atoms with van der Waals surface area (Å²) in [5.74, 6) is 0.860. The first-order chi connectivity index (χ1) is 13.9. The summed E-state index contributed by atoms with van der Waals surface area (Å²) in [4.78, 5) is 20.4. The second-order valence-corrected chi connectivity index (χ2v) is 6.94. The monoisotopic (exact) mass is 404 g/mol. The SMILES string of the molecule is O=c1n(Cc2cccnc2)nc2n1CCC(Nc1cccc(C(F)(F)F)n1)CC2. The van der Waals surface area contributed by atoms with Gasteiger partial charge in [0, 0.05) is 31.4 Å². The molecule has 0 saturated heterocycles. The molecule has 1 unspecified atom stereocenters. The maximum absolute atomic E-state index is 12.8. The molecule has 0 fully saturated rings. The number of hydrogen-bond acceptors (Lipinski definition) is 5. The second-order valence-electron chi connectivity index (χ2n) is 6.94. The number of aromatic nitrogens is 5. The van der Waals surface area contributed by atoms with Crippen molar-refractivity contribution in [2.75, 3.05) is 5.32 Å². The maximum Gasteiger partial charge on any atom is 0.433 e. The Morgan fingerprint density at radius 1 is 1.17 bits per heavy atom. The Morgan fingerprint density at radius 2 is 2.03 bits per heavy atom. The van der Waals surface area contributed by atoms with Gasteiger partial charge in [0.05, 0.1) is 6.54 Å². The normalized spacial score (nSPS) is 16.9. The molecule has 1 aliphatic heterocycles. The third-order valence-electron chi connectivity index (χ3n) is 4.86. The van der Waals surface area contributed by atoms with Crippen molar-refractivity contribution in [1.82, 2.24) is 24.3 Å². The van der Waals surface area contributed by atoms with Gasteiger partial charge < -0.3 is 5.32 Å². The molecule has 152 valence electrons. The number of halogens is 3. The number of alkyl halides is 3. The van der Waals surface area contributed by atoms with Gasteiger partial charge in [-0.15, -0.1) is 0 Å². The summed E-state index contributed by atoms with van der Waals surface area (Å²) in [6.07, 6.45) is 0.652. The molecule has 7 nitrogen and oxygen atoms in total. The fourth-order valence-corrected chi connectivity index (χ4v) is 3.42. The van der Waals surface area contributed by atoms with E-state index >= 15 is 0 Å². The Balaban J connectivity index is 1.45. The summed E-state index contributed by atoms with van der Waals surface area (Å²) in [5.41, 5.74) is -0.234. The van der Waals surface area contributed by atoms with Crippen LogP contribution in [0.25, 0.3) is 0 Å². The van der Waals surface area contributed by atoms with E-state index in [9.17, 15) is 18.0 Å². The molecule has 1 atom stereocenters. The molecule has 0 amide bonds. The van der Waals surface area contributed by atoms with Crippen molar-refractivity contribution in [2.24, 2.45) is 0 Å². The molecule has 0 aliphatic carbocycles. The average Bonchev–Trinajstić information content (AvgIpc) is 2.86. The highest BCUT2D eigenvalue weighted by Crippen LogP contribution is 2.28. The van der Waals surface area contributed by atoms with Crippen molar-refractivity contribution in [3.05, 3.63) is 70.3 Å². The lowest BCUT2D eigenvalue weighted by Crippen LogP contribution is -2.27. The molecular weight excluding hydrogens is 385 g/mol. The van der Waals surface area contributed by atoms with E-state index in [1.54, 1.807) is 23.0 Å². The van der Waals surface area contributed by atoms with Gasteiger partial charge in [-0.3, -0.25) is 9.55 Å². The summed E-state index contributed by atoms with van der Waals surface area (Å²) in [6, 6.07) is 7.37. The molecule has 0 saturated carbocycles. The molecule has 0 aromatic carbocycles. The molecule has 3 aromatic rings. The molecule has 0 radical (unpaired) electrons. The zero-order valence-electron chi connectivity index (χ0n) is 15.4. The number of aryl methyl sites for hydroxylation is 1. The fraction of sp³-hybridized carbons (Fsp3) is 0.368. The highest BCUT2D eigenvalue weighted by molar-refractivity contribution is 5.37. The largest absolute Gasteiger partial charge is 0.433 e. The van der Waals surface area contributed by atoms with Crippen molar-refractivity contribution in [3.8, 4) is 0 Å². The number of anilines is 1. The molecule has 4 rings (SSSR count). The predicted molar refractivity (Wildman–Crippen MR) is 99.4 cm³/mol. The van der Waals surface area contributed by atoms with Gasteiger partial charge in [0.1, 0.15) is 17.3 Å². The first-order valence-corrected chi connectivity index (χ1v) is 9.26. The van der Waals surface area contributed by atoms with Gasteiger partial charge >= 0.3 is 11.9 Å². The van der Waals surface area contributed by atoms with E-state index in [4.69, 9.17) is 0 Å². The number of nitrogens with zero attached hydrogens (tertiary/aromatic N) is 5. The second kappa shape index (κ2) is 7.69. The summed E-state index contributed by atoms with van der Waals surface area (Å²) in [7, 11) is 0. The van der Waals surface area contributed by atoms with Crippen molar-refractivity contribution in [2.45, 2.75) is 44.6 Å². The Kier molecular flexibility index (Phi) is 5.08. The molecule has 0 bridgehead atoms. The van der Waals surface area contributed by atoms with Crippen LogP contribution in [0.15, 0.2) is 47.5 Å². The van der Waals surface area contributed by atoms with Crippen LogP contribution in [0.3, 0.4) is 0 Å². The van der Waals surface area contributed by atoms with Crippen LogP contribution in [0, 0.1) is 0 Å². The number of fused-ring (bicyclic) bond motifs is 1. The lowest BCUT2D eigenvalue weighted by Gasteiger charge is -2.17. The minimum absolute atomic E-state index is 0.0983. The highest BCUT2D eigenvalue weighted by Gasteiger charge is 2.32. The Hall–Kier alpha value is -3.17. The summed E-state index contributed by atoms with van der Waals surface area (Å²) >= 11 is 0. The van der Waals surface area contributed by atoms with Crippen molar-refractivity contribution in [3.63, 3.8) is 0 Å². The molecular formula is C19H19F3N6O. The van der Waals surface area contributed by atoms with Crippen molar-refractivity contribution in [1.29, 1.82) is 0 Å². The van der Waals surface area contributed by atoms with Gasteiger partial charge in [-0.2, -0.15) is 18.3 Å². The van der Waals surface area contributed by atoms with Crippen LogP contribution in [0.2, 0.25) is 0 Å². The van der Waals surface area contributed by atoms with Crippen molar-refractivity contribution >= 4 is 5.82 Å². The van der Waals surface area contributed by atoms with Crippen LogP contribution in [-0.2, 0) is 25.7 Å². The number of nitrogens with one attached hydrogen (secondary N) is 1. The van der Waals surface area contributed by atoms with Gasteiger partial charge in [0.25, 0.3) is 0 Å².